The molecule has 2 aromatic rings. The summed E-state index contributed by atoms with van der Waals surface area (Å²) in [4.78, 5) is 31.0. The number of hydrogen-bond acceptors (Lipinski definition) is 5. The number of carboxylic acids is 1. The molecule has 0 fully saturated rings. The third-order valence-corrected chi connectivity index (χ3v) is 5.60. The molecule has 4 rings (SSSR count). The molecule has 1 atom stereocenters. The van der Waals surface area contributed by atoms with Gasteiger partial charge in [0.1, 0.15) is 0 Å². The van der Waals surface area contributed by atoms with E-state index in [-0.39, 0.29) is 12.3 Å². The molecule has 0 aliphatic carbocycles. The Morgan fingerprint density at radius 2 is 1.93 bits per heavy atom. The normalized spacial score (nSPS) is 20.6. The highest BCUT2D eigenvalue weighted by Crippen LogP contribution is 2.36. The van der Waals surface area contributed by atoms with Crippen molar-refractivity contribution in [3.8, 4) is 0 Å². The Hall–Kier alpha value is -3.09. The van der Waals surface area contributed by atoms with E-state index in [4.69, 9.17) is 10.8 Å². The zero-order chi connectivity index (χ0) is 20.4. The first-order valence-electron chi connectivity index (χ1n) is 9.65. The number of aliphatic carboxylic acids is 1. The Morgan fingerprint density at radius 1 is 1.14 bits per heavy atom. The maximum absolute atomic E-state index is 13.5. The number of nitrogens with zero attached hydrogens (tertiary/aromatic N) is 2. The lowest BCUT2D eigenvalue weighted by Gasteiger charge is -2.30. The van der Waals surface area contributed by atoms with Crippen molar-refractivity contribution in [2.24, 2.45) is 10.7 Å². The van der Waals surface area contributed by atoms with Crippen LogP contribution in [-0.2, 0) is 29.8 Å². The van der Waals surface area contributed by atoms with Gasteiger partial charge in [0.2, 0.25) is 0 Å². The number of carbonyl (C=O) groups excluding carboxylic acids is 1. The zero-order valence-electron chi connectivity index (χ0n) is 16.0. The maximum Gasteiger partial charge on any atom is 0.317 e. The molecular formula is C23H23N3O3. The van der Waals surface area contributed by atoms with Crippen molar-refractivity contribution in [3.05, 3.63) is 82.4 Å². The van der Waals surface area contributed by atoms with Crippen molar-refractivity contribution in [3.63, 3.8) is 0 Å². The lowest BCUT2D eigenvalue weighted by atomic mass is 9.81. The second-order valence-electron chi connectivity index (χ2n) is 7.47. The maximum atomic E-state index is 13.5. The van der Waals surface area contributed by atoms with E-state index >= 15 is 0 Å². The molecule has 0 saturated carbocycles. The molecule has 0 amide bonds. The number of nitrogens with two attached hydrogens (primary N) is 1. The number of ketones is 1. The van der Waals surface area contributed by atoms with E-state index in [1.807, 2.05) is 41.3 Å². The van der Waals surface area contributed by atoms with E-state index in [9.17, 15) is 9.59 Å². The van der Waals surface area contributed by atoms with E-state index in [0.29, 0.717) is 25.2 Å². The topological polar surface area (TPSA) is 96.0 Å². The first-order valence-corrected chi connectivity index (χ1v) is 9.65. The zero-order valence-corrected chi connectivity index (χ0v) is 16.0. The fraction of sp³-hybridized carbons (Fsp3) is 0.261. The third kappa shape index (κ3) is 3.64. The smallest absolute Gasteiger partial charge is 0.317 e. The van der Waals surface area contributed by atoms with Gasteiger partial charge in [0.25, 0.3) is 0 Å². The number of benzene rings is 2. The quantitative estimate of drug-likeness (QED) is 0.739. The molecule has 2 aliphatic rings. The molecule has 0 bridgehead atoms. The van der Waals surface area contributed by atoms with Crippen molar-refractivity contribution in [1.29, 1.82) is 0 Å². The summed E-state index contributed by atoms with van der Waals surface area (Å²) in [5.41, 5.74) is 9.16. The van der Waals surface area contributed by atoms with Crippen LogP contribution < -0.4 is 5.73 Å². The van der Waals surface area contributed by atoms with Gasteiger partial charge in [-0.05, 0) is 40.8 Å². The Morgan fingerprint density at radius 3 is 2.59 bits per heavy atom. The summed E-state index contributed by atoms with van der Waals surface area (Å²) in [5, 5.41) is 9.10. The number of carboxylic acid groups (broad SMARTS) is 1. The summed E-state index contributed by atoms with van der Waals surface area (Å²) < 4.78 is 0. The minimum absolute atomic E-state index is 0.0132. The number of allylic oxidation sites excluding steroid dienone is 1. The van der Waals surface area contributed by atoms with Crippen LogP contribution in [0.2, 0.25) is 0 Å². The van der Waals surface area contributed by atoms with E-state index in [1.54, 1.807) is 24.4 Å². The highest BCUT2D eigenvalue weighted by atomic mass is 16.4. The summed E-state index contributed by atoms with van der Waals surface area (Å²) in [6.45, 7) is 1.71. The molecule has 2 aromatic carbocycles. The van der Waals surface area contributed by atoms with E-state index in [2.05, 4.69) is 4.99 Å². The largest absolute Gasteiger partial charge is 0.480 e. The number of rotatable bonds is 6. The molecule has 1 unspecified atom stereocenters. The predicted octanol–water partition coefficient (Wildman–Crippen LogP) is 2.31. The minimum Gasteiger partial charge on any atom is -0.480 e. The lowest BCUT2D eigenvalue weighted by molar-refractivity contribution is -0.138. The summed E-state index contributed by atoms with van der Waals surface area (Å²) in [6, 6.07) is 13.3. The van der Waals surface area contributed by atoms with Crippen molar-refractivity contribution >= 4 is 18.0 Å². The highest BCUT2D eigenvalue weighted by molar-refractivity contribution is 6.07. The van der Waals surface area contributed by atoms with Gasteiger partial charge in [-0.15, -0.1) is 0 Å². The van der Waals surface area contributed by atoms with Gasteiger partial charge in [-0.3, -0.25) is 19.5 Å². The van der Waals surface area contributed by atoms with Gasteiger partial charge in [0.05, 0.1) is 6.54 Å². The number of Topliss-reactive ketones (excluding diaryl/α,β-unsaturated/α-hetero) is 1. The fourth-order valence-electron chi connectivity index (χ4n) is 4.01. The van der Waals surface area contributed by atoms with Crippen LogP contribution in [0.15, 0.2) is 59.6 Å². The van der Waals surface area contributed by atoms with E-state index in [0.717, 1.165) is 23.1 Å². The average Bonchev–Trinajstić information content (AvgIpc) is 3.23. The minimum atomic E-state index is -1.09. The third-order valence-electron chi connectivity index (χ3n) is 5.60. The van der Waals surface area contributed by atoms with Gasteiger partial charge in [-0.25, -0.2) is 0 Å². The van der Waals surface area contributed by atoms with Crippen molar-refractivity contribution in [2.75, 3.05) is 13.1 Å². The van der Waals surface area contributed by atoms with Gasteiger partial charge in [0.15, 0.2) is 11.3 Å². The van der Waals surface area contributed by atoms with E-state index < -0.39 is 11.5 Å². The highest BCUT2D eigenvalue weighted by Gasteiger charge is 2.39. The molecule has 0 saturated heterocycles. The number of hydrogen-bond donors (Lipinski definition) is 2. The molecular weight excluding hydrogens is 366 g/mol. The molecule has 148 valence electrons. The van der Waals surface area contributed by atoms with Gasteiger partial charge >= 0.3 is 5.97 Å². The Balaban J connectivity index is 1.69. The monoisotopic (exact) mass is 389 g/mol. The number of fused-ring (bicyclic) bond motifs is 1. The SMILES string of the molecule is NCc1ccc(C(=O)C2(c3ccc4c(c3)CN(CC(=O)O)CC4)C=CC=N2)cc1. The van der Waals surface area contributed by atoms with Crippen LogP contribution in [0.4, 0.5) is 0 Å². The molecule has 2 heterocycles. The Kier molecular flexibility index (Phi) is 5.13. The standard InChI is InChI=1S/C23H23N3O3/c24-13-16-2-4-18(5-3-16)22(29)23(9-1-10-25-23)20-7-6-17-8-11-26(15-21(27)28)14-19(17)12-20/h1-7,9-10,12H,8,11,13-15,24H2,(H,27,28). The molecule has 29 heavy (non-hydrogen) atoms. The van der Waals surface area contributed by atoms with Crippen molar-refractivity contribution in [1.82, 2.24) is 4.90 Å². The summed E-state index contributed by atoms with van der Waals surface area (Å²) in [7, 11) is 0. The summed E-state index contributed by atoms with van der Waals surface area (Å²) in [6.07, 6.45) is 6.07. The van der Waals surface area contributed by atoms with Crippen LogP contribution in [0.5, 0.6) is 0 Å². The van der Waals surface area contributed by atoms with Crippen molar-refractivity contribution in [2.45, 2.75) is 25.0 Å². The Bertz CT molecular complexity index is 997. The van der Waals surface area contributed by atoms with Crippen LogP contribution >= 0.6 is 0 Å². The summed E-state index contributed by atoms with van der Waals surface area (Å²) >= 11 is 0. The fourth-order valence-corrected chi connectivity index (χ4v) is 4.01. The predicted molar refractivity (Wildman–Crippen MR) is 111 cm³/mol. The lowest BCUT2D eigenvalue weighted by Crippen LogP contribution is -2.35. The van der Waals surface area contributed by atoms with Crippen LogP contribution in [-0.4, -0.2) is 41.1 Å². The number of aliphatic imine (C=N–C) groups is 1. The molecule has 0 spiro atoms. The second-order valence-corrected chi connectivity index (χ2v) is 7.47. The van der Waals surface area contributed by atoms with Crippen LogP contribution in [0.25, 0.3) is 0 Å². The molecule has 6 nitrogen and oxygen atoms in total. The van der Waals surface area contributed by atoms with Crippen molar-refractivity contribution < 1.29 is 14.7 Å². The summed E-state index contributed by atoms with van der Waals surface area (Å²) in [5.74, 6) is -0.926. The molecule has 6 heteroatoms. The molecule has 0 radical (unpaired) electrons. The Labute approximate surface area is 169 Å². The van der Waals surface area contributed by atoms with E-state index in [1.165, 1.54) is 5.56 Å². The van der Waals surface area contributed by atoms with Gasteiger partial charge in [-0.2, -0.15) is 0 Å². The average molecular weight is 389 g/mol. The van der Waals surface area contributed by atoms with Gasteiger partial charge in [-0.1, -0.05) is 42.5 Å². The van der Waals surface area contributed by atoms with Crippen LogP contribution in [0.3, 0.4) is 0 Å². The first-order chi connectivity index (χ1) is 14.0. The van der Waals surface area contributed by atoms with Crippen LogP contribution in [0.1, 0.15) is 32.6 Å². The molecule has 2 aliphatic heterocycles. The second kappa shape index (κ2) is 7.73. The van der Waals surface area contributed by atoms with Gasteiger partial charge in [0, 0.05) is 31.4 Å². The first kappa shape index (κ1) is 19.2. The molecule has 3 N–H and O–H groups in total. The van der Waals surface area contributed by atoms with Gasteiger partial charge < -0.3 is 10.8 Å². The number of carbonyl (C=O) groups is 2. The molecule has 0 aromatic heterocycles. The van der Waals surface area contributed by atoms with Crippen LogP contribution in [0, 0.1) is 0 Å².